The number of carbonyl (C=O) groups excluding carboxylic acids is 1. The van der Waals surface area contributed by atoms with E-state index < -0.39 is 15.9 Å². The van der Waals surface area contributed by atoms with Gasteiger partial charge in [0.2, 0.25) is 15.9 Å². The van der Waals surface area contributed by atoms with Crippen LogP contribution in [0.5, 0.6) is 17.2 Å². The molecule has 0 heterocycles. The van der Waals surface area contributed by atoms with E-state index in [1.54, 1.807) is 12.1 Å². The minimum Gasteiger partial charge on any atom is -0.497 e. The van der Waals surface area contributed by atoms with Gasteiger partial charge >= 0.3 is 0 Å². The lowest BCUT2D eigenvalue weighted by molar-refractivity contribution is -0.119. The first-order chi connectivity index (χ1) is 13.7. The number of benzene rings is 2. The Morgan fingerprint density at radius 3 is 2.45 bits per heavy atom. The summed E-state index contributed by atoms with van der Waals surface area (Å²) < 4.78 is 41.5. The summed E-state index contributed by atoms with van der Waals surface area (Å²) in [4.78, 5) is 12.3. The van der Waals surface area contributed by atoms with Crippen LogP contribution in [0.2, 0.25) is 0 Å². The van der Waals surface area contributed by atoms with Gasteiger partial charge in [0.05, 0.1) is 32.7 Å². The Kier molecular flexibility index (Phi) is 7.72. The Hall–Kier alpha value is -2.94. The van der Waals surface area contributed by atoms with Gasteiger partial charge in [0.15, 0.2) is 0 Å². The molecule has 0 aromatic heterocycles. The quantitative estimate of drug-likeness (QED) is 0.589. The maximum atomic E-state index is 12.3. The molecule has 2 rings (SSSR count). The molecule has 0 spiro atoms. The molecule has 158 valence electrons. The second-order valence-corrected chi connectivity index (χ2v) is 8.23. The van der Waals surface area contributed by atoms with Gasteiger partial charge in [-0.3, -0.25) is 9.10 Å². The Balaban J connectivity index is 2.01. The van der Waals surface area contributed by atoms with E-state index in [-0.39, 0.29) is 31.1 Å². The summed E-state index contributed by atoms with van der Waals surface area (Å²) in [7, 11) is -0.810. The second kappa shape index (κ2) is 10.0. The molecule has 0 aliphatic heterocycles. The fourth-order valence-corrected chi connectivity index (χ4v) is 3.48. The summed E-state index contributed by atoms with van der Waals surface area (Å²) in [6.45, 7) is 2.08. The number of ether oxygens (including phenoxy) is 3. The van der Waals surface area contributed by atoms with E-state index in [1.165, 1.54) is 20.3 Å². The summed E-state index contributed by atoms with van der Waals surface area (Å²) in [5.74, 6) is 1.04. The molecule has 0 saturated carbocycles. The molecule has 2 aromatic rings. The molecule has 0 atom stereocenters. The van der Waals surface area contributed by atoms with Crippen molar-refractivity contribution in [1.29, 1.82) is 0 Å². The average Bonchev–Trinajstić information content (AvgIpc) is 2.68. The maximum Gasteiger partial charge on any atom is 0.240 e. The van der Waals surface area contributed by atoms with Crippen molar-refractivity contribution in [3.63, 3.8) is 0 Å². The van der Waals surface area contributed by atoms with Crippen LogP contribution in [-0.2, 0) is 14.8 Å². The van der Waals surface area contributed by atoms with Gasteiger partial charge in [0.1, 0.15) is 30.4 Å². The SMILES string of the molecule is COc1ccc(N(CC(=O)NCCOc2cccc(C)c2)S(C)(=O)=O)c(OC)c1. The van der Waals surface area contributed by atoms with Crippen molar-refractivity contribution in [3.8, 4) is 17.2 Å². The molecule has 0 aliphatic rings. The molecule has 0 aliphatic carbocycles. The summed E-state index contributed by atoms with van der Waals surface area (Å²) >= 11 is 0. The van der Waals surface area contributed by atoms with E-state index in [0.717, 1.165) is 16.1 Å². The fourth-order valence-electron chi connectivity index (χ4n) is 2.62. The second-order valence-electron chi connectivity index (χ2n) is 6.32. The van der Waals surface area contributed by atoms with Crippen LogP contribution in [0.15, 0.2) is 42.5 Å². The van der Waals surface area contributed by atoms with Gasteiger partial charge in [-0.05, 0) is 36.8 Å². The van der Waals surface area contributed by atoms with Crippen molar-refractivity contribution in [2.45, 2.75) is 6.92 Å². The fraction of sp³-hybridized carbons (Fsp3) is 0.350. The largest absolute Gasteiger partial charge is 0.497 e. The zero-order valence-corrected chi connectivity index (χ0v) is 17.8. The van der Waals surface area contributed by atoms with Crippen molar-refractivity contribution in [3.05, 3.63) is 48.0 Å². The van der Waals surface area contributed by atoms with Crippen molar-refractivity contribution in [1.82, 2.24) is 5.32 Å². The number of hydrogen-bond donors (Lipinski definition) is 1. The summed E-state index contributed by atoms with van der Waals surface area (Å²) in [6.07, 6.45) is 1.03. The first-order valence-corrected chi connectivity index (χ1v) is 10.8. The highest BCUT2D eigenvalue weighted by atomic mass is 32.2. The Labute approximate surface area is 171 Å². The number of hydrogen-bond acceptors (Lipinski definition) is 6. The number of carbonyl (C=O) groups is 1. The minimum atomic E-state index is -3.72. The number of sulfonamides is 1. The topological polar surface area (TPSA) is 94.2 Å². The predicted molar refractivity (Wildman–Crippen MR) is 111 cm³/mol. The molecular weight excluding hydrogens is 396 g/mol. The molecule has 1 amide bonds. The molecule has 9 heteroatoms. The monoisotopic (exact) mass is 422 g/mol. The van der Waals surface area contributed by atoms with Crippen LogP contribution in [0.4, 0.5) is 5.69 Å². The van der Waals surface area contributed by atoms with Gasteiger partial charge in [0, 0.05) is 6.07 Å². The third kappa shape index (κ3) is 6.56. The lowest BCUT2D eigenvalue weighted by atomic mass is 10.2. The van der Waals surface area contributed by atoms with E-state index in [0.29, 0.717) is 11.5 Å². The number of nitrogens with zero attached hydrogens (tertiary/aromatic N) is 1. The first kappa shape index (κ1) is 22.4. The summed E-state index contributed by atoms with van der Waals surface area (Å²) in [6, 6.07) is 12.3. The number of anilines is 1. The summed E-state index contributed by atoms with van der Waals surface area (Å²) in [5, 5.41) is 2.66. The Bertz CT molecular complexity index is 946. The Morgan fingerprint density at radius 2 is 1.83 bits per heavy atom. The van der Waals surface area contributed by atoms with E-state index in [9.17, 15) is 13.2 Å². The van der Waals surface area contributed by atoms with Gasteiger partial charge in [-0.15, -0.1) is 0 Å². The number of aryl methyl sites for hydroxylation is 1. The van der Waals surface area contributed by atoms with Crippen LogP contribution >= 0.6 is 0 Å². The molecule has 29 heavy (non-hydrogen) atoms. The molecule has 0 unspecified atom stereocenters. The van der Waals surface area contributed by atoms with Crippen molar-refractivity contribution in [2.24, 2.45) is 0 Å². The standard InChI is InChI=1S/C20H26N2O6S/c1-15-6-5-7-17(12-15)28-11-10-21-20(23)14-22(29(4,24)25)18-9-8-16(26-2)13-19(18)27-3/h5-9,12-13H,10-11,14H2,1-4H3,(H,21,23). The van der Waals surface area contributed by atoms with Crippen LogP contribution in [-0.4, -0.2) is 54.5 Å². The van der Waals surface area contributed by atoms with Crippen LogP contribution in [0.3, 0.4) is 0 Å². The van der Waals surface area contributed by atoms with Crippen LogP contribution in [0, 0.1) is 6.92 Å². The predicted octanol–water partition coefficient (Wildman–Crippen LogP) is 1.97. The number of rotatable bonds is 10. The van der Waals surface area contributed by atoms with Crippen molar-refractivity contribution >= 4 is 21.6 Å². The van der Waals surface area contributed by atoms with Gasteiger partial charge < -0.3 is 19.5 Å². The zero-order valence-electron chi connectivity index (χ0n) is 17.0. The summed E-state index contributed by atoms with van der Waals surface area (Å²) in [5.41, 5.74) is 1.32. The molecule has 1 N–H and O–H groups in total. The van der Waals surface area contributed by atoms with Crippen LogP contribution in [0.25, 0.3) is 0 Å². The number of methoxy groups -OCH3 is 2. The highest BCUT2D eigenvalue weighted by Gasteiger charge is 2.24. The normalized spacial score (nSPS) is 10.9. The zero-order chi connectivity index (χ0) is 21.4. The number of nitrogens with one attached hydrogen (secondary N) is 1. The molecule has 0 saturated heterocycles. The lowest BCUT2D eigenvalue weighted by Gasteiger charge is -2.24. The first-order valence-electron chi connectivity index (χ1n) is 8.90. The maximum absolute atomic E-state index is 12.3. The number of amides is 1. The van der Waals surface area contributed by atoms with Crippen LogP contribution < -0.4 is 23.8 Å². The van der Waals surface area contributed by atoms with E-state index in [1.807, 2.05) is 31.2 Å². The average molecular weight is 423 g/mol. The molecule has 8 nitrogen and oxygen atoms in total. The van der Waals surface area contributed by atoms with Crippen molar-refractivity contribution in [2.75, 3.05) is 44.5 Å². The van der Waals surface area contributed by atoms with E-state index in [4.69, 9.17) is 14.2 Å². The van der Waals surface area contributed by atoms with Gasteiger partial charge in [0.25, 0.3) is 0 Å². The Morgan fingerprint density at radius 1 is 1.07 bits per heavy atom. The lowest BCUT2D eigenvalue weighted by Crippen LogP contribution is -2.41. The molecule has 0 fully saturated rings. The molecule has 2 aromatic carbocycles. The van der Waals surface area contributed by atoms with E-state index in [2.05, 4.69) is 5.32 Å². The highest BCUT2D eigenvalue weighted by molar-refractivity contribution is 7.92. The molecule has 0 bridgehead atoms. The van der Waals surface area contributed by atoms with Crippen molar-refractivity contribution < 1.29 is 27.4 Å². The smallest absolute Gasteiger partial charge is 0.240 e. The third-order valence-corrected chi connectivity index (χ3v) is 5.15. The third-order valence-electron chi connectivity index (χ3n) is 4.03. The highest BCUT2D eigenvalue weighted by Crippen LogP contribution is 2.33. The van der Waals surface area contributed by atoms with Crippen LogP contribution in [0.1, 0.15) is 5.56 Å². The van der Waals surface area contributed by atoms with Gasteiger partial charge in [-0.1, -0.05) is 12.1 Å². The molecular formula is C20H26N2O6S. The van der Waals surface area contributed by atoms with E-state index >= 15 is 0 Å². The van der Waals surface area contributed by atoms with Gasteiger partial charge in [-0.25, -0.2) is 8.42 Å². The molecule has 0 radical (unpaired) electrons. The minimum absolute atomic E-state index is 0.240. The van der Waals surface area contributed by atoms with Gasteiger partial charge in [-0.2, -0.15) is 0 Å².